The third-order valence-electron chi connectivity index (χ3n) is 3.61. The zero-order chi connectivity index (χ0) is 18.7. The summed E-state index contributed by atoms with van der Waals surface area (Å²) in [7, 11) is 0. The number of hydrogen-bond donors (Lipinski definition) is 2. The zero-order valence-corrected chi connectivity index (χ0v) is 14.5. The molecule has 3 rings (SSSR count). The molecule has 0 spiro atoms. The van der Waals surface area contributed by atoms with Crippen molar-refractivity contribution in [2.24, 2.45) is 0 Å². The molecule has 2 amide bonds. The van der Waals surface area contributed by atoms with Crippen LogP contribution in [0.4, 0.5) is 17.1 Å². The molecular formula is C17H15N3O5S. The summed E-state index contributed by atoms with van der Waals surface area (Å²) in [6, 6.07) is 11.0. The van der Waals surface area contributed by atoms with Crippen molar-refractivity contribution >= 4 is 40.6 Å². The summed E-state index contributed by atoms with van der Waals surface area (Å²) in [5, 5.41) is 16.1. The number of hydrogen-bond acceptors (Lipinski definition) is 6. The first-order chi connectivity index (χ1) is 12.4. The van der Waals surface area contributed by atoms with Crippen molar-refractivity contribution < 1.29 is 19.2 Å². The molecule has 0 saturated heterocycles. The van der Waals surface area contributed by atoms with E-state index in [1.165, 1.54) is 23.9 Å². The molecule has 0 unspecified atom stereocenters. The number of carbonyl (C=O) groups is 2. The molecule has 134 valence electrons. The maximum Gasteiger partial charge on any atom is 0.269 e. The van der Waals surface area contributed by atoms with Gasteiger partial charge in [0, 0.05) is 22.7 Å². The number of fused-ring (bicyclic) bond motifs is 1. The minimum Gasteiger partial charge on any atom is -0.479 e. The van der Waals surface area contributed by atoms with Gasteiger partial charge in [0.1, 0.15) is 5.75 Å². The van der Waals surface area contributed by atoms with E-state index in [2.05, 4.69) is 10.6 Å². The summed E-state index contributed by atoms with van der Waals surface area (Å²) in [5.74, 6) is 0.226. The Morgan fingerprint density at radius 3 is 2.73 bits per heavy atom. The van der Waals surface area contributed by atoms with Crippen molar-refractivity contribution in [1.29, 1.82) is 0 Å². The van der Waals surface area contributed by atoms with E-state index < -0.39 is 11.0 Å². The van der Waals surface area contributed by atoms with Crippen LogP contribution in [0.3, 0.4) is 0 Å². The van der Waals surface area contributed by atoms with Crippen molar-refractivity contribution in [1.82, 2.24) is 0 Å². The van der Waals surface area contributed by atoms with Gasteiger partial charge in [-0.3, -0.25) is 19.7 Å². The van der Waals surface area contributed by atoms with Crippen LogP contribution in [0, 0.1) is 10.1 Å². The van der Waals surface area contributed by atoms with E-state index in [-0.39, 0.29) is 23.3 Å². The number of nitrogens with zero attached hydrogens (tertiary/aromatic N) is 1. The number of nitro groups is 1. The molecule has 1 aliphatic rings. The van der Waals surface area contributed by atoms with Crippen LogP contribution in [-0.4, -0.2) is 28.6 Å². The highest BCUT2D eigenvalue weighted by molar-refractivity contribution is 8.00. The van der Waals surface area contributed by atoms with Crippen LogP contribution in [0.15, 0.2) is 47.4 Å². The fraction of sp³-hybridized carbons (Fsp3) is 0.176. The Kier molecular flexibility index (Phi) is 5.08. The molecule has 0 aliphatic carbocycles. The van der Waals surface area contributed by atoms with Crippen molar-refractivity contribution in [3.63, 3.8) is 0 Å². The van der Waals surface area contributed by atoms with E-state index in [0.29, 0.717) is 17.1 Å². The molecule has 9 heteroatoms. The summed E-state index contributed by atoms with van der Waals surface area (Å²) >= 11 is 1.27. The van der Waals surface area contributed by atoms with Gasteiger partial charge >= 0.3 is 0 Å². The van der Waals surface area contributed by atoms with Crippen LogP contribution in [0.5, 0.6) is 5.75 Å². The lowest BCUT2D eigenvalue weighted by Crippen LogP contribution is -2.34. The normalized spacial score (nSPS) is 15.4. The van der Waals surface area contributed by atoms with Crippen molar-refractivity contribution in [2.75, 3.05) is 16.4 Å². The first-order valence-corrected chi connectivity index (χ1v) is 8.69. The third kappa shape index (κ3) is 4.12. The van der Waals surface area contributed by atoms with E-state index in [0.717, 1.165) is 4.90 Å². The minimum atomic E-state index is -0.555. The van der Waals surface area contributed by atoms with Gasteiger partial charge in [-0.25, -0.2) is 0 Å². The highest BCUT2D eigenvalue weighted by Gasteiger charge is 2.23. The molecule has 0 radical (unpaired) electrons. The second-order valence-corrected chi connectivity index (χ2v) is 6.60. The van der Waals surface area contributed by atoms with Crippen LogP contribution in [0.25, 0.3) is 0 Å². The molecule has 1 heterocycles. The average Bonchev–Trinajstić information content (AvgIpc) is 2.61. The van der Waals surface area contributed by atoms with E-state index in [9.17, 15) is 19.7 Å². The molecule has 2 aromatic rings. The number of ether oxygens (including phenoxy) is 1. The summed E-state index contributed by atoms with van der Waals surface area (Å²) in [5.41, 5.74) is 1.05. The number of nitrogens with one attached hydrogen (secondary N) is 2. The number of rotatable bonds is 5. The summed E-state index contributed by atoms with van der Waals surface area (Å²) in [6.45, 7) is 1.66. The molecule has 0 bridgehead atoms. The summed E-state index contributed by atoms with van der Waals surface area (Å²) in [4.78, 5) is 34.6. The van der Waals surface area contributed by atoms with E-state index in [1.54, 1.807) is 37.3 Å². The second kappa shape index (κ2) is 7.44. The first-order valence-electron chi connectivity index (χ1n) is 7.71. The number of carbonyl (C=O) groups excluding carboxylic acids is 2. The molecule has 8 nitrogen and oxygen atoms in total. The van der Waals surface area contributed by atoms with E-state index in [4.69, 9.17) is 4.74 Å². The quantitative estimate of drug-likeness (QED) is 0.473. The first kappa shape index (κ1) is 17.7. The van der Waals surface area contributed by atoms with Gasteiger partial charge in [-0.05, 0) is 37.3 Å². The van der Waals surface area contributed by atoms with E-state index >= 15 is 0 Å². The SMILES string of the molecule is C[C@H]1Oc2ccc(NC(=O)CSc3ccc([N+](=O)[O-])cc3)cc2NC1=O. The lowest BCUT2D eigenvalue weighted by Gasteiger charge is -2.23. The van der Waals surface area contributed by atoms with Crippen LogP contribution in [-0.2, 0) is 9.59 Å². The van der Waals surface area contributed by atoms with Crippen LogP contribution >= 0.6 is 11.8 Å². The Hall–Kier alpha value is -3.07. The lowest BCUT2D eigenvalue weighted by atomic mass is 10.2. The smallest absolute Gasteiger partial charge is 0.269 e. The van der Waals surface area contributed by atoms with Gasteiger partial charge in [-0.2, -0.15) is 0 Å². The van der Waals surface area contributed by atoms with Gasteiger partial charge in [0.2, 0.25) is 5.91 Å². The predicted octanol–water partition coefficient (Wildman–Crippen LogP) is 3.05. The third-order valence-corrected chi connectivity index (χ3v) is 4.62. The molecule has 0 saturated carbocycles. The molecule has 2 N–H and O–H groups in total. The molecule has 26 heavy (non-hydrogen) atoms. The number of non-ortho nitro benzene ring substituents is 1. The fourth-order valence-corrected chi connectivity index (χ4v) is 3.00. The van der Waals surface area contributed by atoms with Crippen molar-refractivity contribution in [3.05, 3.63) is 52.6 Å². The van der Waals surface area contributed by atoms with Crippen LogP contribution in [0.2, 0.25) is 0 Å². The second-order valence-electron chi connectivity index (χ2n) is 5.55. The zero-order valence-electron chi connectivity index (χ0n) is 13.7. The predicted molar refractivity (Wildman–Crippen MR) is 97.6 cm³/mol. The molecule has 0 fully saturated rings. The standard InChI is InChI=1S/C17H15N3O5S/c1-10-17(22)19-14-8-11(2-7-15(14)25-10)18-16(21)9-26-13-5-3-12(4-6-13)20(23)24/h2-8,10H,9H2,1H3,(H,18,21)(H,19,22)/t10-/m1/s1. The number of benzene rings is 2. The number of amides is 2. The summed E-state index contributed by atoms with van der Waals surface area (Å²) in [6.07, 6.45) is -0.555. The monoisotopic (exact) mass is 373 g/mol. The highest BCUT2D eigenvalue weighted by Crippen LogP contribution is 2.32. The van der Waals surface area contributed by atoms with Gasteiger partial charge in [0.25, 0.3) is 11.6 Å². The fourth-order valence-electron chi connectivity index (χ4n) is 2.30. The molecule has 1 atom stereocenters. The van der Waals surface area contributed by atoms with Crippen molar-refractivity contribution in [3.8, 4) is 5.75 Å². The van der Waals surface area contributed by atoms with Gasteiger partial charge < -0.3 is 15.4 Å². The summed E-state index contributed by atoms with van der Waals surface area (Å²) < 4.78 is 5.46. The largest absolute Gasteiger partial charge is 0.479 e. The lowest BCUT2D eigenvalue weighted by molar-refractivity contribution is -0.384. The molecule has 2 aromatic carbocycles. The molecule has 0 aromatic heterocycles. The molecular weight excluding hydrogens is 358 g/mol. The van der Waals surface area contributed by atoms with E-state index in [1.807, 2.05) is 0 Å². The van der Waals surface area contributed by atoms with Gasteiger partial charge in [0.15, 0.2) is 6.10 Å². The maximum atomic E-state index is 12.1. The average molecular weight is 373 g/mol. The molecule has 1 aliphatic heterocycles. The topological polar surface area (TPSA) is 111 Å². The Balaban J connectivity index is 1.57. The number of nitro benzene ring substituents is 1. The van der Waals surface area contributed by atoms with Crippen LogP contribution < -0.4 is 15.4 Å². The number of thioether (sulfide) groups is 1. The number of anilines is 2. The Morgan fingerprint density at radius 1 is 1.31 bits per heavy atom. The Bertz CT molecular complexity index is 869. The Morgan fingerprint density at radius 2 is 2.04 bits per heavy atom. The van der Waals surface area contributed by atoms with Gasteiger partial charge in [-0.15, -0.1) is 11.8 Å². The maximum absolute atomic E-state index is 12.1. The van der Waals surface area contributed by atoms with Gasteiger partial charge in [-0.1, -0.05) is 0 Å². The van der Waals surface area contributed by atoms with Crippen molar-refractivity contribution in [2.45, 2.75) is 17.9 Å². The Labute approximate surface area is 153 Å². The minimum absolute atomic E-state index is 0.00597. The highest BCUT2D eigenvalue weighted by atomic mass is 32.2. The van der Waals surface area contributed by atoms with Crippen LogP contribution in [0.1, 0.15) is 6.92 Å². The van der Waals surface area contributed by atoms with Gasteiger partial charge in [0.05, 0.1) is 16.4 Å².